The Balaban J connectivity index is 0.000000195. The zero-order valence-electron chi connectivity index (χ0n) is 20.9. The van der Waals surface area contributed by atoms with Crippen LogP contribution >= 0.6 is 0 Å². The van der Waals surface area contributed by atoms with E-state index in [9.17, 15) is 14.4 Å². The summed E-state index contributed by atoms with van der Waals surface area (Å²) in [5, 5.41) is 14.3. The van der Waals surface area contributed by atoms with Crippen molar-refractivity contribution in [2.75, 3.05) is 13.1 Å². The Labute approximate surface area is 217 Å². The number of fused-ring (bicyclic) bond motifs is 1. The van der Waals surface area contributed by atoms with E-state index in [1.54, 1.807) is 11.0 Å². The third kappa shape index (κ3) is 5.52. The first-order valence-corrected chi connectivity index (χ1v) is 13.2. The molecule has 0 aromatic heterocycles. The van der Waals surface area contributed by atoms with Crippen molar-refractivity contribution >= 4 is 17.7 Å². The lowest BCUT2D eigenvalue weighted by Gasteiger charge is -2.29. The summed E-state index contributed by atoms with van der Waals surface area (Å²) in [5.41, 5.74) is 3.53. The first kappa shape index (κ1) is 25.0. The second-order valence-corrected chi connectivity index (χ2v) is 10.2. The van der Waals surface area contributed by atoms with Crippen LogP contribution in [-0.4, -0.2) is 47.9 Å². The third-order valence-electron chi connectivity index (χ3n) is 7.65. The van der Waals surface area contributed by atoms with Gasteiger partial charge in [0.15, 0.2) is 0 Å². The van der Waals surface area contributed by atoms with Crippen LogP contribution < -0.4 is 15.4 Å². The minimum atomic E-state index is -0.569. The second-order valence-electron chi connectivity index (χ2n) is 10.2. The van der Waals surface area contributed by atoms with Gasteiger partial charge in [0.2, 0.25) is 11.8 Å². The lowest BCUT2D eigenvalue weighted by atomic mass is 9.90. The van der Waals surface area contributed by atoms with Gasteiger partial charge in [-0.15, -0.1) is 0 Å². The molecule has 37 heavy (non-hydrogen) atoms. The van der Waals surface area contributed by atoms with Gasteiger partial charge in [-0.05, 0) is 67.5 Å². The first-order valence-electron chi connectivity index (χ1n) is 13.2. The van der Waals surface area contributed by atoms with Gasteiger partial charge in [0.1, 0.15) is 11.8 Å². The molecule has 2 saturated heterocycles. The number of benzene rings is 2. The van der Waals surface area contributed by atoms with Crippen molar-refractivity contribution in [3.05, 3.63) is 64.7 Å². The van der Waals surface area contributed by atoms with Crippen LogP contribution in [0, 0.1) is 11.3 Å². The Morgan fingerprint density at radius 1 is 0.973 bits per heavy atom. The summed E-state index contributed by atoms with van der Waals surface area (Å²) in [4.78, 5) is 37.6. The van der Waals surface area contributed by atoms with E-state index in [1.165, 1.54) is 24.8 Å². The van der Waals surface area contributed by atoms with E-state index in [0.717, 1.165) is 42.8 Å². The molecule has 1 atom stereocenters. The molecule has 0 spiro atoms. The maximum Gasteiger partial charge on any atom is 0.255 e. The number of ether oxygens (including phenoxy) is 1. The Morgan fingerprint density at radius 3 is 2.46 bits per heavy atom. The standard InChI is InChI=1S/C19H22N2O4.C10H10N2/c22-17-9-8-16(18(23)20-17)21-11-12-10-14(6-7-15(12)19(21)24)25-13-4-2-1-3-5-13;11-5-8-3-1-2-4-10(8)9-6-12-7-9/h6-7,10,13,16H,1-5,8-9,11H2,(H,20,22,23);1-4,9,12H,6-7H2. The van der Waals surface area contributed by atoms with Crippen molar-refractivity contribution in [2.45, 2.75) is 69.6 Å². The molecule has 1 saturated carbocycles. The largest absolute Gasteiger partial charge is 0.490 e. The van der Waals surface area contributed by atoms with Gasteiger partial charge < -0.3 is 15.0 Å². The van der Waals surface area contributed by atoms with Gasteiger partial charge in [0.25, 0.3) is 5.91 Å². The van der Waals surface area contributed by atoms with Crippen LogP contribution in [0.3, 0.4) is 0 Å². The Kier molecular flexibility index (Phi) is 7.52. The molecule has 1 unspecified atom stereocenters. The summed E-state index contributed by atoms with van der Waals surface area (Å²) in [6.07, 6.45) is 6.77. The smallest absolute Gasteiger partial charge is 0.255 e. The van der Waals surface area contributed by atoms with Gasteiger partial charge in [0.05, 0.1) is 17.7 Å². The van der Waals surface area contributed by atoms with Gasteiger partial charge in [-0.1, -0.05) is 24.6 Å². The molecule has 8 nitrogen and oxygen atoms in total. The molecular formula is C29H32N4O4. The molecule has 8 heteroatoms. The second kappa shape index (κ2) is 11.1. The van der Waals surface area contributed by atoms with E-state index >= 15 is 0 Å². The fraction of sp³-hybridized carbons (Fsp3) is 0.448. The fourth-order valence-corrected chi connectivity index (χ4v) is 5.46. The van der Waals surface area contributed by atoms with E-state index in [4.69, 9.17) is 10.00 Å². The number of imide groups is 1. The molecule has 3 heterocycles. The van der Waals surface area contributed by atoms with Crippen molar-refractivity contribution in [1.29, 1.82) is 5.26 Å². The summed E-state index contributed by atoms with van der Waals surface area (Å²) in [6, 6.07) is 15.0. The van der Waals surface area contributed by atoms with E-state index < -0.39 is 6.04 Å². The van der Waals surface area contributed by atoms with E-state index in [-0.39, 0.29) is 30.2 Å². The SMILES string of the molecule is N#Cc1ccccc1C1CNC1.O=C1CCC(N2Cc3cc(OC4CCCCC4)ccc3C2=O)C(=O)N1. The third-order valence-corrected chi connectivity index (χ3v) is 7.65. The molecule has 2 aromatic carbocycles. The number of nitrogens with one attached hydrogen (secondary N) is 2. The molecule has 0 bridgehead atoms. The molecule has 3 fully saturated rings. The summed E-state index contributed by atoms with van der Waals surface area (Å²) >= 11 is 0. The number of carbonyl (C=O) groups is 3. The minimum Gasteiger partial charge on any atom is -0.490 e. The average Bonchev–Trinajstić information content (AvgIpc) is 3.20. The molecule has 6 rings (SSSR count). The normalized spacial score (nSPS) is 21.8. The quantitative estimate of drug-likeness (QED) is 0.623. The van der Waals surface area contributed by atoms with E-state index in [1.807, 2.05) is 36.4 Å². The number of carbonyl (C=O) groups excluding carboxylic acids is 3. The van der Waals surface area contributed by atoms with E-state index in [0.29, 0.717) is 24.4 Å². The molecule has 0 radical (unpaired) electrons. The number of hydrogen-bond acceptors (Lipinski definition) is 6. The van der Waals surface area contributed by atoms with Crippen molar-refractivity contribution < 1.29 is 19.1 Å². The summed E-state index contributed by atoms with van der Waals surface area (Å²) in [5.74, 6) is 0.558. The van der Waals surface area contributed by atoms with Crippen LogP contribution in [0.4, 0.5) is 0 Å². The van der Waals surface area contributed by atoms with Crippen LogP contribution in [0.2, 0.25) is 0 Å². The molecule has 2 aromatic rings. The topological polar surface area (TPSA) is 112 Å². The number of nitrogens with zero attached hydrogens (tertiary/aromatic N) is 2. The van der Waals surface area contributed by atoms with Crippen molar-refractivity contribution in [3.63, 3.8) is 0 Å². The van der Waals surface area contributed by atoms with E-state index in [2.05, 4.69) is 16.7 Å². The van der Waals surface area contributed by atoms with Crippen LogP contribution in [-0.2, 0) is 16.1 Å². The van der Waals surface area contributed by atoms with Gasteiger partial charge in [-0.25, -0.2) is 0 Å². The highest BCUT2D eigenvalue weighted by molar-refractivity contribution is 6.05. The fourth-order valence-electron chi connectivity index (χ4n) is 5.46. The van der Waals surface area contributed by atoms with Gasteiger partial charge in [-0.3, -0.25) is 19.7 Å². The molecule has 4 aliphatic rings. The maximum absolute atomic E-state index is 12.6. The van der Waals surface area contributed by atoms with Crippen LogP contribution in [0.15, 0.2) is 42.5 Å². The first-order chi connectivity index (χ1) is 18.0. The molecule has 3 aliphatic heterocycles. The van der Waals surface area contributed by atoms with Gasteiger partial charge in [-0.2, -0.15) is 5.26 Å². The van der Waals surface area contributed by atoms with Crippen LogP contribution in [0.1, 0.15) is 77.9 Å². The van der Waals surface area contributed by atoms with Crippen LogP contribution in [0.25, 0.3) is 0 Å². The number of piperidine rings is 1. The molecule has 2 N–H and O–H groups in total. The molecule has 1 aliphatic carbocycles. The molecule has 192 valence electrons. The van der Waals surface area contributed by atoms with Crippen molar-refractivity contribution in [1.82, 2.24) is 15.5 Å². The zero-order valence-corrected chi connectivity index (χ0v) is 20.9. The lowest BCUT2D eigenvalue weighted by Crippen LogP contribution is -2.52. The summed E-state index contributed by atoms with van der Waals surface area (Å²) < 4.78 is 6.08. The van der Waals surface area contributed by atoms with Crippen molar-refractivity contribution in [3.8, 4) is 11.8 Å². The lowest BCUT2D eigenvalue weighted by molar-refractivity contribution is -0.136. The number of nitriles is 1. The number of amides is 3. The Bertz CT molecular complexity index is 1230. The van der Waals surface area contributed by atoms with Gasteiger partial charge in [0, 0.05) is 37.5 Å². The minimum absolute atomic E-state index is 0.145. The van der Waals surface area contributed by atoms with Gasteiger partial charge >= 0.3 is 0 Å². The van der Waals surface area contributed by atoms with Crippen molar-refractivity contribution in [2.24, 2.45) is 0 Å². The Morgan fingerprint density at radius 2 is 1.76 bits per heavy atom. The number of rotatable bonds is 4. The highest BCUT2D eigenvalue weighted by Gasteiger charge is 2.39. The summed E-state index contributed by atoms with van der Waals surface area (Å²) in [7, 11) is 0. The summed E-state index contributed by atoms with van der Waals surface area (Å²) in [6.45, 7) is 2.42. The monoisotopic (exact) mass is 500 g/mol. The molecule has 3 amide bonds. The Hall–Kier alpha value is -3.70. The zero-order chi connectivity index (χ0) is 25.8. The highest BCUT2D eigenvalue weighted by atomic mass is 16.5. The maximum atomic E-state index is 12.6. The predicted octanol–water partition coefficient (Wildman–Crippen LogP) is 3.40. The highest BCUT2D eigenvalue weighted by Crippen LogP contribution is 2.31. The van der Waals surface area contributed by atoms with Crippen LogP contribution in [0.5, 0.6) is 5.75 Å². The average molecular weight is 501 g/mol. The predicted molar refractivity (Wildman–Crippen MR) is 137 cm³/mol. The molecular weight excluding hydrogens is 468 g/mol. The number of hydrogen-bond donors (Lipinski definition) is 2.